The Bertz CT molecular complexity index is 1290. The van der Waals surface area contributed by atoms with Crippen LogP contribution in [-0.2, 0) is 27.7 Å². The van der Waals surface area contributed by atoms with Crippen LogP contribution in [-0.4, -0.2) is 38.3 Å². The molecule has 0 saturated carbocycles. The summed E-state index contributed by atoms with van der Waals surface area (Å²) in [6.45, 7) is 0.338. The number of hydrogen-bond acceptors (Lipinski definition) is 3. The minimum Gasteiger partial charge on any atom is -0.311 e. The van der Waals surface area contributed by atoms with E-state index in [0.29, 0.717) is 13.0 Å². The first-order chi connectivity index (χ1) is 15.8. The smallest absolute Gasteiger partial charge is 0.245 e. The first-order valence-electron chi connectivity index (χ1n) is 10.3. The molecule has 5 nitrogen and oxygen atoms in total. The zero-order valence-electron chi connectivity index (χ0n) is 17.5. The van der Waals surface area contributed by atoms with Gasteiger partial charge in [-0.2, -0.15) is 4.31 Å². The fraction of sp³-hybridized carbons (Fsp3) is 0.208. The Hall–Kier alpha value is -1.90. The molecule has 4 rings (SSSR count). The molecule has 1 amide bonds. The normalized spacial score (nSPS) is 13.4. The summed E-state index contributed by atoms with van der Waals surface area (Å²) in [6.07, 6.45) is 1.17. The van der Waals surface area contributed by atoms with E-state index in [-0.39, 0.29) is 33.9 Å². The highest BCUT2D eigenvalue weighted by Crippen LogP contribution is 2.32. The Labute approximate surface area is 212 Å². The van der Waals surface area contributed by atoms with Crippen LogP contribution in [0, 0.1) is 0 Å². The van der Waals surface area contributed by atoms with Gasteiger partial charge in [-0.15, -0.1) is 0 Å². The van der Waals surface area contributed by atoms with E-state index in [0.717, 1.165) is 27.7 Å². The summed E-state index contributed by atoms with van der Waals surface area (Å²) < 4.78 is 29.3. The SMILES string of the molecule is O=C(CN(CCc1ccccc1)S(=O)(=O)c1cc(Cl)ccc1Cl)N1CCc2cc(Br)ccc21. The molecular formula is C24H21BrCl2N2O3S. The van der Waals surface area contributed by atoms with Gasteiger partial charge in [-0.25, -0.2) is 8.42 Å². The molecule has 3 aromatic carbocycles. The van der Waals surface area contributed by atoms with Crippen molar-refractivity contribution in [2.24, 2.45) is 0 Å². The number of amides is 1. The molecule has 33 heavy (non-hydrogen) atoms. The number of sulfonamides is 1. The Morgan fingerprint density at radius 2 is 1.79 bits per heavy atom. The van der Waals surface area contributed by atoms with Gasteiger partial charge in [0.1, 0.15) is 4.90 Å². The maximum atomic E-state index is 13.6. The van der Waals surface area contributed by atoms with Gasteiger partial charge in [0, 0.05) is 28.3 Å². The van der Waals surface area contributed by atoms with Crippen molar-refractivity contribution in [3.05, 3.63) is 92.4 Å². The number of carbonyl (C=O) groups excluding carboxylic acids is 1. The van der Waals surface area contributed by atoms with Gasteiger partial charge in [0.15, 0.2) is 0 Å². The van der Waals surface area contributed by atoms with Crippen molar-refractivity contribution in [1.82, 2.24) is 4.31 Å². The van der Waals surface area contributed by atoms with Gasteiger partial charge in [0.25, 0.3) is 0 Å². The maximum Gasteiger partial charge on any atom is 0.245 e. The molecule has 0 bridgehead atoms. The molecule has 0 spiro atoms. The third-order valence-electron chi connectivity index (χ3n) is 5.55. The van der Waals surface area contributed by atoms with E-state index in [9.17, 15) is 13.2 Å². The van der Waals surface area contributed by atoms with E-state index < -0.39 is 10.0 Å². The molecule has 1 aliphatic rings. The highest BCUT2D eigenvalue weighted by molar-refractivity contribution is 9.10. The summed E-state index contributed by atoms with van der Waals surface area (Å²) >= 11 is 15.7. The van der Waals surface area contributed by atoms with Crippen molar-refractivity contribution >= 4 is 60.7 Å². The first-order valence-corrected chi connectivity index (χ1v) is 13.3. The van der Waals surface area contributed by atoms with Crippen LogP contribution in [0.15, 0.2) is 76.1 Å². The number of anilines is 1. The fourth-order valence-electron chi connectivity index (χ4n) is 3.86. The van der Waals surface area contributed by atoms with Gasteiger partial charge >= 0.3 is 0 Å². The zero-order valence-corrected chi connectivity index (χ0v) is 21.5. The summed E-state index contributed by atoms with van der Waals surface area (Å²) in [6, 6.07) is 19.6. The third-order valence-corrected chi connectivity index (χ3v) is 8.61. The molecule has 0 fully saturated rings. The molecule has 0 saturated heterocycles. The molecule has 0 aliphatic carbocycles. The average Bonchev–Trinajstić information content (AvgIpc) is 3.21. The number of halogens is 3. The van der Waals surface area contributed by atoms with Crippen LogP contribution >= 0.6 is 39.1 Å². The second-order valence-electron chi connectivity index (χ2n) is 7.72. The van der Waals surface area contributed by atoms with Crippen LogP contribution in [0.2, 0.25) is 10.0 Å². The summed E-state index contributed by atoms with van der Waals surface area (Å²) in [5.74, 6) is -0.286. The van der Waals surface area contributed by atoms with Crippen LogP contribution in [0.4, 0.5) is 5.69 Å². The molecule has 0 N–H and O–H groups in total. The molecule has 0 atom stereocenters. The lowest BCUT2D eigenvalue weighted by Gasteiger charge is -2.25. The van der Waals surface area contributed by atoms with E-state index in [1.165, 1.54) is 22.5 Å². The van der Waals surface area contributed by atoms with E-state index in [4.69, 9.17) is 23.2 Å². The predicted octanol–water partition coefficient (Wildman–Crippen LogP) is 5.58. The molecule has 0 radical (unpaired) electrons. The number of rotatable bonds is 7. The average molecular weight is 568 g/mol. The molecule has 3 aromatic rings. The lowest BCUT2D eigenvalue weighted by Crippen LogP contribution is -2.43. The van der Waals surface area contributed by atoms with Crippen molar-refractivity contribution in [1.29, 1.82) is 0 Å². The second kappa shape index (κ2) is 10.2. The molecule has 1 heterocycles. The van der Waals surface area contributed by atoms with Crippen molar-refractivity contribution in [3.63, 3.8) is 0 Å². The van der Waals surface area contributed by atoms with Crippen molar-refractivity contribution in [3.8, 4) is 0 Å². The number of fused-ring (bicyclic) bond motifs is 1. The molecule has 1 aliphatic heterocycles. The summed E-state index contributed by atoms with van der Waals surface area (Å²) in [5, 5.41) is 0.319. The monoisotopic (exact) mass is 566 g/mol. The minimum absolute atomic E-state index is 0.0629. The number of benzene rings is 3. The highest BCUT2D eigenvalue weighted by Gasteiger charge is 2.32. The van der Waals surface area contributed by atoms with Gasteiger partial charge < -0.3 is 4.90 Å². The first kappa shape index (κ1) is 24.2. The van der Waals surface area contributed by atoms with E-state index in [1.54, 1.807) is 4.90 Å². The molecular weight excluding hydrogens is 547 g/mol. The summed E-state index contributed by atoms with van der Waals surface area (Å²) in [7, 11) is -4.07. The standard InChI is InChI=1S/C24H21BrCl2N2O3S/c25-19-6-9-22-18(14-19)11-13-29(22)24(30)16-28(12-10-17-4-2-1-3-5-17)33(31,32)23-15-20(26)7-8-21(23)27/h1-9,14-15H,10-13,16H2. The predicted molar refractivity (Wildman–Crippen MR) is 136 cm³/mol. The summed E-state index contributed by atoms with van der Waals surface area (Å²) in [4.78, 5) is 14.8. The van der Waals surface area contributed by atoms with Gasteiger partial charge in [0.2, 0.25) is 15.9 Å². The van der Waals surface area contributed by atoms with Crippen molar-refractivity contribution in [2.75, 3.05) is 24.5 Å². The van der Waals surface area contributed by atoms with E-state index in [1.807, 2.05) is 48.5 Å². The van der Waals surface area contributed by atoms with Crippen LogP contribution in [0.25, 0.3) is 0 Å². The molecule has 0 unspecified atom stereocenters. The Balaban J connectivity index is 1.63. The largest absolute Gasteiger partial charge is 0.311 e. The van der Waals surface area contributed by atoms with Gasteiger partial charge in [-0.3, -0.25) is 4.79 Å². The molecule has 172 valence electrons. The van der Waals surface area contributed by atoms with Crippen LogP contribution in [0.1, 0.15) is 11.1 Å². The number of hydrogen-bond donors (Lipinski definition) is 0. The quantitative estimate of drug-likeness (QED) is 0.374. The Morgan fingerprint density at radius 3 is 2.55 bits per heavy atom. The Morgan fingerprint density at radius 1 is 1.03 bits per heavy atom. The van der Waals surface area contributed by atoms with E-state index >= 15 is 0 Å². The fourth-order valence-corrected chi connectivity index (χ4v) is 6.40. The van der Waals surface area contributed by atoms with E-state index in [2.05, 4.69) is 15.9 Å². The number of carbonyl (C=O) groups is 1. The second-order valence-corrected chi connectivity index (χ2v) is 11.4. The minimum atomic E-state index is -4.07. The Kier molecular flexibility index (Phi) is 7.46. The zero-order chi connectivity index (χ0) is 23.6. The third kappa shape index (κ3) is 5.44. The van der Waals surface area contributed by atoms with Crippen molar-refractivity contribution in [2.45, 2.75) is 17.7 Å². The van der Waals surface area contributed by atoms with Gasteiger partial charge in [0.05, 0.1) is 11.6 Å². The maximum absolute atomic E-state index is 13.6. The lowest BCUT2D eigenvalue weighted by atomic mass is 10.1. The molecule has 9 heteroatoms. The van der Waals surface area contributed by atoms with Gasteiger partial charge in [-0.1, -0.05) is 69.5 Å². The topological polar surface area (TPSA) is 57.7 Å². The van der Waals surface area contributed by atoms with Crippen LogP contribution in [0.3, 0.4) is 0 Å². The van der Waals surface area contributed by atoms with Crippen LogP contribution < -0.4 is 4.90 Å². The van der Waals surface area contributed by atoms with Crippen molar-refractivity contribution < 1.29 is 13.2 Å². The lowest BCUT2D eigenvalue weighted by molar-refractivity contribution is -0.118. The number of nitrogens with zero attached hydrogens (tertiary/aromatic N) is 2. The summed E-state index contributed by atoms with van der Waals surface area (Å²) in [5.41, 5.74) is 2.83. The molecule has 0 aromatic heterocycles. The van der Waals surface area contributed by atoms with Gasteiger partial charge in [-0.05, 0) is 60.4 Å². The van der Waals surface area contributed by atoms with Crippen LogP contribution in [0.5, 0.6) is 0 Å². The highest BCUT2D eigenvalue weighted by atomic mass is 79.9.